The molecule has 0 saturated carbocycles. The van der Waals surface area contributed by atoms with Crippen LogP contribution in [0.3, 0.4) is 0 Å². The van der Waals surface area contributed by atoms with E-state index in [1.165, 1.54) is 11.9 Å². The highest BCUT2D eigenvalue weighted by molar-refractivity contribution is 7.97. The molecule has 0 aliphatic carbocycles. The number of rotatable bonds is 3. The third kappa shape index (κ3) is 3.39. The lowest BCUT2D eigenvalue weighted by Gasteiger charge is -2.10. The number of hydrogen-bond donors (Lipinski definition) is 1. The lowest BCUT2D eigenvalue weighted by Crippen LogP contribution is -2.30. The van der Waals surface area contributed by atoms with E-state index in [1.807, 2.05) is 6.26 Å². The molecule has 18 heavy (non-hydrogen) atoms. The Morgan fingerprint density at radius 1 is 1.56 bits per heavy atom. The quantitative estimate of drug-likeness (QED) is 0.888. The van der Waals surface area contributed by atoms with Gasteiger partial charge in [-0.15, -0.1) is 4.68 Å². The standard InChI is InChI=1S/C10H16N4O3S/c1-11-9(15)14-8(17-10(16)13(2)3)5-7(12-14)6-18-4/h5H,6H2,1-4H3,(H,11,15). The molecule has 0 atom stereocenters. The summed E-state index contributed by atoms with van der Waals surface area (Å²) in [4.78, 5) is 24.3. The van der Waals surface area contributed by atoms with Crippen molar-refractivity contribution in [1.29, 1.82) is 0 Å². The van der Waals surface area contributed by atoms with Crippen LogP contribution in [0.15, 0.2) is 6.07 Å². The first-order valence-electron chi connectivity index (χ1n) is 5.18. The van der Waals surface area contributed by atoms with Crippen LogP contribution in [0.1, 0.15) is 5.69 Å². The van der Waals surface area contributed by atoms with Crippen LogP contribution in [0.5, 0.6) is 5.88 Å². The predicted octanol–water partition coefficient (Wildman–Crippen LogP) is 0.994. The van der Waals surface area contributed by atoms with E-state index in [4.69, 9.17) is 4.74 Å². The van der Waals surface area contributed by atoms with Gasteiger partial charge in [-0.2, -0.15) is 16.9 Å². The number of nitrogens with zero attached hydrogens (tertiary/aromatic N) is 3. The van der Waals surface area contributed by atoms with E-state index in [0.29, 0.717) is 11.4 Å². The Kier molecular flexibility index (Phi) is 5.02. The minimum atomic E-state index is -0.559. The molecule has 0 unspecified atom stereocenters. The normalized spacial score (nSPS) is 10.0. The van der Waals surface area contributed by atoms with Crippen LogP contribution in [-0.2, 0) is 5.75 Å². The van der Waals surface area contributed by atoms with Gasteiger partial charge < -0.3 is 15.0 Å². The molecule has 0 bridgehead atoms. The van der Waals surface area contributed by atoms with E-state index in [0.717, 1.165) is 4.68 Å². The lowest BCUT2D eigenvalue weighted by atomic mass is 10.5. The Morgan fingerprint density at radius 3 is 2.72 bits per heavy atom. The molecule has 0 fully saturated rings. The maximum atomic E-state index is 11.6. The topological polar surface area (TPSA) is 76.5 Å². The zero-order valence-corrected chi connectivity index (χ0v) is 11.6. The maximum Gasteiger partial charge on any atom is 0.416 e. The van der Waals surface area contributed by atoms with Gasteiger partial charge in [-0.1, -0.05) is 0 Å². The summed E-state index contributed by atoms with van der Waals surface area (Å²) in [6, 6.07) is 1.12. The Bertz CT molecular complexity index is 444. The fourth-order valence-corrected chi connectivity index (χ4v) is 1.57. The maximum absolute atomic E-state index is 11.6. The average Bonchev–Trinajstić information content (AvgIpc) is 2.71. The minimum Gasteiger partial charge on any atom is -0.391 e. The van der Waals surface area contributed by atoms with Crippen LogP contribution in [0, 0.1) is 0 Å². The van der Waals surface area contributed by atoms with Crippen LogP contribution < -0.4 is 10.1 Å². The number of carbonyl (C=O) groups excluding carboxylic acids is 2. The van der Waals surface area contributed by atoms with E-state index in [9.17, 15) is 9.59 Å². The molecule has 0 saturated heterocycles. The van der Waals surface area contributed by atoms with E-state index in [1.54, 1.807) is 31.9 Å². The molecule has 1 heterocycles. The summed E-state index contributed by atoms with van der Waals surface area (Å²) in [6.45, 7) is 0. The second-order valence-corrected chi connectivity index (χ2v) is 4.50. The molecule has 0 aliphatic rings. The average molecular weight is 272 g/mol. The van der Waals surface area contributed by atoms with E-state index in [2.05, 4.69) is 10.4 Å². The number of ether oxygens (including phenoxy) is 1. The Balaban J connectivity index is 2.99. The van der Waals surface area contributed by atoms with Gasteiger partial charge in [-0.05, 0) is 6.26 Å². The molecule has 1 rings (SSSR count). The van der Waals surface area contributed by atoms with Crippen LogP contribution in [0.4, 0.5) is 9.59 Å². The van der Waals surface area contributed by atoms with Gasteiger partial charge in [0.2, 0.25) is 5.88 Å². The predicted molar refractivity (Wildman–Crippen MR) is 69.0 cm³/mol. The number of hydrogen-bond acceptors (Lipinski definition) is 5. The number of aromatic nitrogens is 2. The number of nitrogens with one attached hydrogen (secondary N) is 1. The smallest absolute Gasteiger partial charge is 0.391 e. The molecule has 1 aromatic rings. The first-order valence-corrected chi connectivity index (χ1v) is 6.58. The van der Waals surface area contributed by atoms with Crippen molar-refractivity contribution in [1.82, 2.24) is 20.0 Å². The summed E-state index contributed by atoms with van der Waals surface area (Å²) in [6.07, 6.45) is 1.36. The number of carbonyl (C=O) groups is 2. The molecular weight excluding hydrogens is 256 g/mol. The third-order valence-corrected chi connectivity index (χ3v) is 2.57. The molecule has 8 heteroatoms. The molecule has 0 aromatic carbocycles. The van der Waals surface area contributed by atoms with Crippen molar-refractivity contribution in [3.8, 4) is 5.88 Å². The molecular formula is C10H16N4O3S. The van der Waals surface area contributed by atoms with Crippen molar-refractivity contribution in [2.75, 3.05) is 27.4 Å². The van der Waals surface area contributed by atoms with Gasteiger partial charge in [0.15, 0.2) is 0 Å². The van der Waals surface area contributed by atoms with Crippen molar-refractivity contribution < 1.29 is 14.3 Å². The van der Waals surface area contributed by atoms with Gasteiger partial charge in [0.1, 0.15) is 0 Å². The zero-order chi connectivity index (χ0) is 13.7. The fraction of sp³-hybridized carbons (Fsp3) is 0.500. The molecule has 0 radical (unpaired) electrons. The summed E-state index contributed by atoms with van der Waals surface area (Å²) < 4.78 is 6.11. The van der Waals surface area contributed by atoms with Crippen molar-refractivity contribution in [2.24, 2.45) is 0 Å². The Labute approximate surface area is 109 Å². The highest BCUT2D eigenvalue weighted by Crippen LogP contribution is 2.17. The summed E-state index contributed by atoms with van der Waals surface area (Å²) in [5, 5.41) is 6.50. The zero-order valence-electron chi connectivity index (χ0n) is 10.8. The van der Waals surface area contributed by atoms with Gasteiger partial charge in [0.05, 0.1) is 5.69 Å². The van der Waals surface area contributed by atoms with Crippen molar-refractivity contribution in [3.63, 3.8) is 0 Å². The Morgan fingerprint density at radius 2 is 2.22 bits per heavy atom. The summed E-state index contributed by atoms with van der Waals surface area (Å²) in [5.41, 5.74) is 0.674. The number of amides is 2. The molecule has 1 aromatic heterocycles. The highest BCUT2D eigenvalue weighted by Gasteiger charge is 2.18. The molecule has 100 valence electrons. The number of thioether (sulfide) groups is 1. The van der Waals surface area contributed by atoms with Crippen LogP contribution in [-0.4, -0.2) is 54.2 Å². The van der Waals surface area contributed by atoms with Crippen LogP contribution >= 0.6 is 11.8 Å². The molecule has 0 spiro atoms. The van der Waals surface area contributed by atoms with E-state index >= 15 is 0 Å². The van der Waals surface area contributed by atoms with E-state index in [-0.39, 0.29) is 5.88 Å². The summed E-state index contributed by atoms with van der Waals surface area (Å²) in [5.74, 6) is 0.744. The minimum absolute atomic E-state index is 0.108. The largest absolute Gasteiger partial charge is 0.416 e. The van der Waals surface area contributed by atoms with Gasteiger partial charge in [0, 0.05) is 33.0 Å². The van der Waals surface area contributed by atoms with Crippen molar-refractivity contribution in [2.45, 2.75) is 5.75 Å². The van der Waals surface area contributed by atoms with Crippen molar-refractivity contribution >= 4 is 23.9 Å². The SMILES string of the molecule is CNC(=O)n1nc(CSC)cc1OC(=O)N(C)C. The second kappa shape index (κ2) is 6.29. The lowest BCUT2D eigenvalue weighted by molar-refractivity contribution is 0.167. The molecule has 0 aliphatic heterocycles. The second-order valence-electron chi connectivity index (χ2n) is 3.64. The Hall–Kier alpha value is -1.70. The first-order chi connectivity index (χ1) is 8.49. The summed E-state index contributed by atoms with van der Waals surface area (Å²) >= 11 is 1.56. The highest BCUT2D eigenvalue weighted by atomic mass is 32.2. The van der Waals surface area contributed by atoms with Gasteiger partial charge in [0.25, 0.3) is 0 Å². The van der Waals surface area contributed by atoms with E-state index < -0.39 is 12.1 Å². The van der Waals surface area contributed by atoms with Crippen LogP contribution in [0.25, 0.3) is 0 Å². The third-order valence-electron chi connectivity index (χ3n) is 1.98. The van der Waals surface area contributed by atoms with Gasteiger partial charge >= 0.3 is 12.1 Å². The fourth-order valence-electron chi connectivity index (χ4n) is 1.13. The first kappa shape index (κ1) is 14.4. The van der Waals surface area contributed by atoms with Gasteiger partial charge in [-0.25, -0.2) is 9.59 Å². The van der Waals surface area contributed by atoms with Crippen LogP contribution in [0.2, 0.25) is 0 Å². The van der Waals surface area contributed by atoms with Crippen molar-refractivity contribution in [3.05, 3.63) is 11.8 Å². The van der Waals surface area contributed by atoms with Gasteiger partial charge in [-0.3, -0.25) is 0 Å². The monoisotopic (exact) mass is 272 g/mol. The molecule has 1 N–H and O–H groups in total. The summed E-state index contributed by atoms with van der Waals surface area (Å²) in [7, 11) is 4.60. The molecule has 7 nitrogen and oxygen atoms in total. The molecule has 2 amide bonds.